The molecule has 0 saturated carbocycles. The van der Waals surface area contributed by atoms with Gasteiger partial charge in [0, 0.05) is 0 Å². The predicted molar refractivity (Wildman–Crippen MR) is 50.0 cm³/mol. The number of rotatable bonds is 2. The van der Waals surface area contributed by atoms with Crippen molar-refractivity contribution >= 4 is 5.84 Å². The Bertz CT molecular complexity index is 334. The second kappa shape index (κ2) is 3.80. The van der Waals surface area contributed by atoms with Gasteiger partial charge in [-0.15, -0.1) is 0 Å². The van der Waals surface area contributed by atoms with E-state index >= 15 is 0 Å². The molecule has 0 heterocycles. The first-order valence-corrected chi connectivity index (χ1v) is 3.99. The highest BCUT2D eigenvalue weighted by atomic mass is 16.4. The van der Waals surface area contributed by atoms with E-state index in [0.717, 1.165) is 5.56 Å². The highest BCUT2D eigenvalue weighted by Crippen LogP contribution is 2.22. The van der Waals surface area contributed by atoms with Gasteiger partial charge >= 0.3 is 0 Å². The van der Waals surface area contributed by atoms with Crippen LogP contribution in [0.3, 0.4) is 0 Å². The molecule has 0 radical (unpaired) electrons. The molecule has 0 atom stereocenters. The molecule has 0 amide bonds. The first kappa shape index (κ1) is 9.38. The van der Waals surface area contributed by atoms with Crippen molar-refractivity contribution < 1.29 is 10.3 Å². The van der Waals surface area contributed by atoms with Crippen LogP contribution in [0.25, 0.3) is 0 Å². The fourth-order valence-electron chi connectivity index (χ4n) is 1.14. The summed E-state index contributed by atoms with van der Waals surface area (Å²) in [6, 6.07) is 5.15. The van der Waals surface area contributed by atoms with E-state index in [2.05, 4.69) is 5.16 Å². The first-order valence-electron chi connectivity index (χ1n) is 3.99. The second-order valence-corrected chi connectivity index (χ2v) is 2.65. The summed E-state index contributed by atoms with van der Waals surface area (Å²) in [5.74, 6) is 0.00750. The van der Waals surface area contributed by atoms with Crippen molar-refractivity contribution in [2.24, 2.45) is 10.9 Å². The van der Waals surface area contributed by atoms with E-state index < -0.39 is 0 Å². The molecule has 0 saturated heterocycles. The number of para-hydroxylation sites is 1. The van der Waals surface area contributed by atoms with Gasteiger partial charge in [-0.1, -0.05) is 24.2 Å². The van der Waals surface area contributed by atoms with Crippen molar-refractivity contribution in [2.45, 2.75) is 13.3 Å². The van der Waals surface area contributed by atoms with Gasteiger partial charge in [-0.3, -0.25) is 0 Å². The van der Waals surface area contributed by atoms with Crippen LogP contribution < -0.4 is 5.73 Å². The number of phenolic OH excluding ortho intramolecular Hbond substituents is 1. The van der Waals surface area contributed by atoms with E-state index in [9.17, 15) is 5.11 Å². The zero-order valence-corrected chi connectivity index (χ0v) is 7.36. The smallest absolute Gasteiger partial charge is 0.173 e. The van der Waals surface area contributed by atoms with Crippen LogP contribution in [-0.2, 0) is 6.42 Å². The van der Waals surface area contributed by atoms with E-state index in [0.29, 0.717) is 12.0 Å². The van der Waals surface area contributed by atoms with E-state index in [1.807, 2.05) is 6.92 Å². The zero-order chi connectivity index (χ0) is 9.84. The molecule has 4 nitrogen and oxygen atoms in total. The number of phenols is 1. The quantitative estimate of drug-likeness (QED) is 0.275. The Hall–Kier alpha value is -1.71. The first-order chi connectivity index (χ1) is 6.20. The Morgan fingerprint density at radius 1 is 1.54 bits per heavy atom. The molecule has 0 bridgehead atoms. The Morgan fingerprint density at radius 2 is 2.23 bits per heavy atom. The molecule has 0 aliphatic heterocycles. The number of hydrogen-bond acceptors (Lipinski definition) is 3. The summed E-state index contributed by atoms with van der Waals surface area (Å²) >= 11 is 0. The van der Waals surface area contributed by atoms with Gasteiger partial charge in [-0.05, 0) is 18.1 Å². The lowest BCUT2D eigenvalue weighted by Crippen LogP contribution is -2.13. The van der Waals surface area contributed by atoms with Crippen molar-refractivity contribution in [1.29, 1.82) is 0 Å². The van der Waals surface area contributed by atoms with Gasteiger partial charge in [-0.25, -0.2) is 0 Å². The number of oxime groups is 1. The molecular weight excluding hydrogens is 168 g/mol. The van der Waals surface area contributed by atoms with Crippen LogP contribution in [-0.4, -0.2) is 16.1 Å². The van der Waals surface area contributed by atoms with Crippen molar-refractivity contribution in [3.05, 3.63) is 29.3 Å². The second-order valence-electron chi connectivity index (χ2n) is 2.65. The zero-order valence-electron chi connectivity index (χ0n) is 7.36. The molecule has 13 heavy (non-hydrogen) atoms. The minimum atomic E-state index is -0.0761. The summed E-state index contributed by atoms with van der Waals surface area (Å²) in [5.41, 5.74) is 6.50. The van der Waals surface area contributed by atoms with E-state index in [1.165, 1.54) is 0 Å². The Morgan fingerprint density at radius 3 is 2.77 bits per heavy atom. The fraction of sp³-hybridized carbons (Fsp3) is 0.222. The number of aryl methyl sites for hydroxylation is 1. The topological polar surface area (TPSA) is 78.8 Å². The molecule has 1 aromatic carbocycles. The molecule has 4 N–H and O–H groups in total. The maximum absolute atomic E-state index is 9.62. The number of amidine groups is 1. The van der Waals surface area contributed by atoms with Gasteiger partial charge in [0.1, 0.15) is 5.75 Å². The van der Waals surface area contributed by atoms with Gasteiger partial charge < -0.3 is 16.0 Å². The van der Waals surface area contributed by atoms with Crippen molar-refractivity contribution in [2.75, 3.05) is 0 Å². The number of nitrogens with two attached hydrogens (primary N) is 1. The van der Waals surface area contributed by atoms with Crippen LogP contribution in [0.1, 0.15) is 18.1 Å². The summed E-state index contributed by atoms with van der Waals surface area (Å²) in [4.78, 5) is 0. The van der Waals surface area contributed by atoms with Gasteiger partial charge in [0.25, 0.3) is 0 Å². The Labute approximate surface area is 76.3 Å². The van der Waals surface area contributed by atoms with Crippen molar-refractivity contribution in [3.63, 3.8) is 0 Å². The fourth-order valence-corrected chi connectivity index (χ4v) is 1.14. The van der Waals surface area contributed by atoms with Crippen molar-refractivity contribution in [1.82, 2.24) is 0 Å². The van der Waals surface area contributed by atoms with E-state index in [1.54, 1.807) is 18.2 Å². The Balaban J connectivity index is 3.23. The van der Waals surface area contributed by atoms with Gasteiger partial charge in [0.15, 0.2) is 5.84 Å². The van der Waals surface area contributed by atoms with Crippen molar-refractivity contribution in [3.8, 4) is 5.75 Å². The van der Waals surface area contributed by atoms with Crippen LogP contribution in [0.5, 0.6) is 5.75 Å². The molecule has 1 aromatic rings. The number of aromatic hydroxyl groups is 1. The maximum Gasteiger partial charge on any atom is 0.173 e. The summed E-state index contributed by atoms with van der Waals surface area (Å²) in [5, 5.41) is 20.9. The SMILES string of the molecule is CCc1cccc(/C(N)=N\O)c1O. The van der Waals surface area contributed by atoms with Crippen LogP contribution in [0.4, 0.5) is 0 Å². The summed E-state index contributed by atoms with van der Waals surface area (Å²) in [6.07, 6.45) is 0.707. The largest absolute Gasteiger partial charge is 0.507 e. The van der Waals surface area contributed by atoms with E-state index in [4.69, 9.17) is 10.9 Å². The average molecular weight is 180 g/mol. The van der Waals surface area contributed by atoms with Gasteiger partial charge in [-0.2, -0.15) is 0 Å². The lowest BCUT2D eigenvalue weighted by atomic mass is 10.1. The Kier molecular flexibility index (Phi) is 2.74. The highest BCUT2D eigenvalue weighted by Gasteiger charge is 2.08. The average Bonchev–Trinajstić information content (AvgIpc) is 2.17. The molecule has 4 heteroatoms. The van der Waals surface area contributed by atoms with Crippen LogP contribution in [0.15, 0.2) is 23.4 Å². The molecule has 0 aliphatic carbocycles. The summed E-state index contributed by atoms with van der Waals surface area (Å²) in [6.45, 7) is 1.92. The third-order valence-corrected chi connectivity index (χ3v) is 1.88. The molecule has 0 aromatic heterocycles. The van der Waals surface area contributed by atoms with E-state index in [-0.39, 0.29) is 11.6 Å². The molecule has 0 fully saturated rings. The van der Waals surface area contributed by atoms with Gasteiger partial charge in [0.2, 0.25) is 0 Å². The molecular formula is C9H12N2O2. The molecule has 70 valence electrons. The third kappa shape index (κ3) is 1.72. The molecule has 0 aliphatic rings. The number of benzene rings is 1. The van der Waals surface area contributed by atoms with Gasteiger partial charge in [0.05, 0.1) is 5.56 Å². The maximum atomic E-state index is 9.62. The summed E-state index contributed by atoms with van der Waals surface area (Å²) in [7, 11) is 0. The lowest BCUT2D eigenvalue weighted by molar-refractivity contribution is 0.318. The number of nitrogens with zero attached hydrogens (tertiary/aromatic N) is 1. The predicted octanol–water partition coefficient (Wildman–Crippen LogP) is 1.05. The normalized spacial score (nSPS) is 11.6. The highest BCUT2D eigenvalue weighted by molar-refractivity contribution is 5.99. The summed E-state index contributed by atoms with van der Waals surface area (Å²) < 4.78 is 0. The number of hydrogen-bond donors (Lipinski definition) is 3. The minimum absolute atomic E-state index is 0.0761. The lowest BCUT2D eigenvalue weighted by Gasteiger charge is -2.06. The van der Waals surface area contributed by atoms with Crippen LogP contribution in [0.2, 0.25) is 0 Å². The van der Waals surface area contributed by atoms with Crippen LogP contribution >= 0.6 is 0 Å². The standard InChI is InChI=1S/C9H12N2O2/c1-2-6-4-3-5-7(8(6)12)9(10)11-13/h3-5,12-13H,2H2,1H3,(H2,10,11). The minimum Gasteiger partial charge on any atom is -0.507 e. The molecule has 1 rings (SSSR count). The molecule has 0 unspecified atom stereocenters. The monoisotopic (exact) mass is 180 g/mol. The van der Waals surface area contributed by atoms with Crippen LogP contribution in [0, 0.1) is 0 Å². The molecule has 0 spiro atoms. The third-order valence-electron chi connectivity index (χ3n) is 1.88.